The number of benzene rings is 1. The molecule has 0 aliphatic heterocycles. The minimum atomic E-state index is -0.731. The summed E-state index contributed by atoms with van der Waals surface area (Å²) in [6.45, 7) is 0.0765. The number of nitrogen functional groups attached to an aromatic ring is 1. The van der Waals surface area contributed by atoms with E-state index in [0.29, 0.717) is 5.56 Å². The number of nitrogens with one attached hydrogen (secondary N) is 1. The second-order valence-corrected chi connectivity index (χ2v) is 4.56. The van der Waals surface area contributed by atoms with Crippen LogP contribution in [0.25, 0.3) is 0 Å². The molecule has 0 atom stereocenters. The van der Waals surface area contributed by atoms with Gasteiger partial charge in [-0.15, -0.1) is 0 Å². The molecule has 2 rings (SSSR count). The minimum absolute atomic E-state index is 0.0765. The molecule has 3 N–H and O–H groups in total. The van der Waals surface area contributed by atoms with Gasteiger partial charge in [-0.2, -0.15) is 4.68 Å². The first-order valence-corrected chi connectivity index (χ1v) is 6.20. The highest BCUT2D eigenvalue weighted by atomic mass is 79.9. The standard InChI is InChI=1S/C9H8BrN7O4/c10-8-12-9(17(20)21)14-15(8)4-5-1-2-6(13-11)7(3-5)16(18)19/h1-3,13H,4,11H2. The molecular weight excluding hydrogens is 350 g/mol. The summed E-state index contributed by atoms with van der Waals surface area (Å²) >= 11 is 3.04. The molecule has 0 saturated heterocycles. The highest BCUT2D eigenvalue weighted by molar-refractivity contribution is 9.10. The Balaban J connectivity index is 2.34. The van der Waals surface area contributed by atoms with Crippen LogP contribution < -0.4 is 11.3 Å². The zero-order valence-electron chi connectivity index (χ0n) is 10.3. The highest BCUT2D eigenvalue weighted by Gasteiger charge is 2.21. The van der Waals surface area contributed by atoms with Crippen molar-refractivity contribution >= 4 is 33.3 Å². The Labute approximate surface area is 125 Å². The van der Waals surface area contributed by atoms with E-state index in [1.165, 1.54) is 16.8 Å². The van der Waals surface area contributed by atoms with Gasteiger partial charge >= 0.3 is 5.95 Å². The van der Waals surface area contributed by atoms with Gasteiger partial charge in [0.15, 0.2) is 0 Å². The summed E-state index contributed by atoms with van der Waals surface area (Å²) in [4.78, 5) is 23.8. The smallest absolute Gasteiger partial charge is 0.390 e. The molecule has 11 nitrogen and oxygen atoms in total. The average Bonchev–Trinajstić information content (AvgIpc) is 2.80. The molecule has 0 amide bonds. The van der Waals surface area contributed by atoms with Crippen molar-refractivity contribution in [1.82, 2.24) is 14.8 Å². The van der Waals surface area contributed by atoms with Crippen molar-refractivity contribution in [2.45, 2.75) is 6.54 Å². The van der Waals surface area contributed by atoms with E-state index in [1.807, 2.05) is 0 Å². The van der Waals surface area contributed by atoms with E-state index in [1.54, 1.807) is 6.07 Å². The average molecular weight is 358 g/mol. The third-order valence-electron chi connectivity index (χ3n) is 2.53. The predicted octanol–water partition coefficient (Wildman–Crippen LogP) is 1.19. The summed E-state index contributed by atoms with van der Waals surface area (Å²) in [5.74, 6) is 4.63. The van der Waals surface area contributed by atoms with Gasteiger partial charge in [-0.05, 0) is 21.5 Å². The maximum absolute atomic E-state index is 10.9. The summed E-state index contributed by atoms with van der Waals surface area (Å²) in [5, 5.41) is 25.2. The van der Waals surface area contributed by atoms with Crippen LogP contribution in [0, 0.1) is 20.2 Å². The second kappa shape index (κ2) is 5.80. The molecule has 0 unspecified atom stereocenters. The molecule has 0 aliphatic carbocycles. The Kier molecular flexibility index (Phi) is 4.09. The molecule has 12 heteroatoms. The van der Waals surface area contributed by atoms with E-state index in [2.05, 4.69) is 31.4 Å². The number of anilines is 1. The fourth-order valence-electron chi connectivity index (χ4n) is 1.61. The normalized spacial score (nSPS) is 10.4. The lowest BCUT2D eigenvalue weighted by Crippen LogP contribution is -2.10. The van der Waals surface area contributed by atoms with Crippen molar-refractivity contribution < 1.29 is 9.85 Å². The van der Waals surface area contributed by atoms with Gasteiger partial charge in [0.1, 0.15) is 5.69 Å². The number of halogens is 1. The quantitative estimate of drug-likeness (QED) is 0.459. The van der Waals surface area contributed by atoms with E-state index < -0.39 is 15.8 Å². The number of nitrogens with zero attached hydrogens (tertiary/aromatic N) is 5. The van der Waals surface area contributed by atoms with Gasteiger partial charge in [0.2, 0.25) is 0 Å². The van der Waals surface area contributed by atoms with Crippen molar-refractivity contribution in [3.05, 3.63) is 48.7 Å². The summed E-state index contributed by atoms with van der Waals surface area (Å²) in [6, 6.07) is 4.32. The Morgan fingerprint density at radius 2 is 2.05 bits per heavy atom. The summed E-state index contributed by atoms with van der Waals surface area (Å²) in [6.07, 6.45) is 0. The van der Waals surface area contributed by atoms with Crippen LogP contribution in [0.5, 0.6) is 0 Å². The lowest BCUT2D eigenvalue weighted by molar-refractivity contribution is -0.394. The third-order valence-corrected chi connectivity index (χ3v) is 3.11. The SMILES string of the molecule is NNc1ccc(Cn2nc([N+](=O)[O-])nc2Br)cc1[N+](=O)[O-]. The van der Waals surface area contributed by atoms with E-state index >= 15 is 0 Å². The van der Waals surface area contributed by atoms with Crippen LogP contribution in [0.2, 0.25) is 0 Å². The molecule has 0 bridgehead atoms. The van der Waals surface area contributed by atoms with Gasteiger partial charge in [-0.1, -0.05) is 6.07 Å². The zero-order valence-corrected chi connectivity index (χ0v) is 11.8. The summed E-state index contributed by atoms with van der Waals surface area (Å²) < 4.78 is 1.37. The molecule has 0 spiro atoms. The van der Waals surface area contributed by atoms with Crippen molar-refractivity contribution in [3.63, 3.8) is 0 Å². The zero-order chi connectivity index (χ0) is 15.6. The maximum Gasteiger partial charge on any atom is 0.492 e. The number of nitrogens with two attached hydrogens (primary N) is 1. The fourth-order valence-corrected chi connectivity index (χ4v) is 1.97. The van der Waals surface area contributed by atoms with Crippen LogP contribution in [0.15, 0.2) is 22.9 Å². The molecule has 1 aromatic carbocycles. The Morgan fingerprint density at radius 3 is 2.57 bits per heavy atom. The molecule has 1 heterocycles. The fraction of sp³-hybridized carbons (Fsp3) is 0.111. The third kappa shape index (κ3) is 3.11. The number of hydrogen-bond donors (Lipinski definition) is 2. The van der Waals surface area contributed by atoms with Gasteiger partial charge in [0.25, 0.3) is 10.4 Å². The number of hydrazine groups is 1. The Hall–Kier alpha value is -2.60. The van der Waals surface area contributed by atoms with Gasteiger partial charge in [0.05, 0.1) is 11.5 Å². The first kappa shape index (κ1) is 14.8. The first-order valence-electron chi connectivity index (χ1n) is 5.41. The number of nitro groups is 2. The second-order valence-electron chi connectivity index (χ2n) is 3.85. The molecule has 0 fully saturated rings. The van der Waals surface area contributed by atoms with Crippen LogP contribution in [-0.2, 0) is 6.54 Å². The van der Waals surface area contributed by atoms with Crippen LogP contribution in [0.1, 0.15) is 5.56 Å². The maximum atomic E-state index is 10.9. The van der Waals surface area contributed by atoms with Crippen molar-refractivity contribution in [1.29, 1.82) is 0 Å². The monoisotopic (exact) mass is 357 g/mol. The lowest BCUT2D eigenvalue weighted by Gasteiger charge is -2.04. The molecule has 0 aliphatic rings. The van der Waals surface area contributed by atoms with Crippen molar-refractivity contribution in [3.8, 4) is 0 Å². The number of nitro benzene ring substituents is 1. The van der Waals surface area contributed by atoms with E-state index in [9.17, 15) is 20.2 Å². The number of hydrogen-bond acceptors (Lipinski definition) is 8. The number of aromatic nitrogens is 3. The molecule has 110 valence electrons. The summed E-state index contributed by atoms with van der Waals surface area (Å²) in [5.41, 5.74) is 2.69. The van der Waals surface area contributed by atoms with E-state index in [0.717, 1.165) is 0 Å². The Morgan fingerprint density at radius 1 is 1.33 bits per heavy atom. The van der Waals surface area contributed by atoms with Crippen molar-refractivity contribution in [2.24, 2.45) is 5.84 Å². The molecule has 1 aromatic heterocycles. The van der Waals surface area contributed by atoms with Gasteiger partial charge in [-0.25, -0.2) is 0 Å². The van der Waals surface area contributed by atoms with Gasteiger partial charge < -0.3 is 15.5 Å². The van der Waals surface area contributed by atoms with Crippen LogP contribution in [0.4, 0.5) is 17.3 Å². The molecule has 2 aromatic rings. The molecule has 0 saturated carbocycles. The minimum Gasteiger partial charge on any atom is -0.390 e. The molecular formula is C9H8BrN7O4. The largest absolute Gasteiger partial charge is 0.492 e. The predicted molar refractivity (Wildman–Crippen MR) is 74.4 cm³/mol. The van der Waals surface area contributed by atoms with E-state index in [4.69, 9.17) is 5.84 Å². The van der Waals surface area contributed by atoms with Gasteiger partial charge in [0, 0.05) is 27.1 Å². The highest BCUT2D eigenvalue weighted by Crippen LogP contribution is 2.25. The number of rotatable bonds is 5. The topological polar surface area (TPSA) is 155 Å². The van der Waals surface area contributed by atoms with Crippen molar-refractivity contribution in [2.75, 3.05) is 5.43 Å². The summed E-state index contributed by atoms with van der Waals surface area (Å²) in [7, 11) is 0. The van der Waals surface area contributed by atoms with Crippen LogP contribution in [0.3, 0.4) is 0 Å². The first-order chi connectivity index (χ1) is 9.92. The Bertz CT molecular complexity index is 716. The van der Waals surface area contributed by atoms with Crippen LogP contribution >= 0.6 is 15.9 Å². The molecule has 0 radical (unpaired) electrons. The molecule has 21 heavy (non-hydrogen) atoms. The van der Waals surface area contributed by atoms with Crippen LogP contribution in [-0.4, -0.2) is 24.6 Å². The lowest BCUT2D eigenvalue weighted by atomic mass is 10.2. The van der Waals surface area contributed by atoms with E-state index in [-0.39, 0.29) is 22.7 Å². The van der Waals surface area contributed by atoms with Gasteiger partial charge in [-0.3, -0.25) is 16.0 Å².